The molecule has 1 N–H and O–H groups in total. The Hall–Kier alpha value is -2.43. The monoisotopic (exact) mass is 465 g/mol. The highest BCUT2D eigenvalue weighted by atomic mass is 32.2. The van der Waals surface area contributed by atoms with Crippen molar-refractivity contribution in [3.05, 3.63) is 53.6 Å². The average molecular weight is 466 g/mol. The van der Waals surface area contributed by atoms with Crippen LogP contribution in [0, 0.1) is 17.6 Å². The number of fused-ring (bicyclic) bond motifs is 1. The second-order valence-corrected chi connectivity index (χ2v) is 10.3. The molecule has 0 radical (unpaired) electrons. The van der Waals surface area contributed by atoms with E-state index in [1.807, 2.05) is 18.2 Å². The summed E-state index contributed by atoms with van der Waals surface area (Å²) < 4.78 is 54.2. The van der Waals surface area contributed by atoms with E-state index in [-0.39, 0.29) is 29.8 Å². The van der Waals surface area contributed by atoms with Crippen molar-refractivity contribution in [2.45, 2.75) is 31.1 Å². The molecule has 3 aromatic rings. The van der Waals surface area contributed by atoms with Crippen LogP contribution in [0.1, 0.15) is 25.3 Å². The molecule has 1 aliphatic heterocycles. The van der Waals surface area contributed by atoms with Gasteiger partial charge in [0.05, 0.1) is 15.1 Å². The predicted octanol–water partition coefficient (Wildman–Crippen LogP) is 4.18. The van der Waals surface area contributed by atoms with E-state index >= 15 is 0 Å². The van der Waals surface area contributed by atoms with Crippen molar-refractivity contribution >= 4 is 42.6 Å². The quantitative estimate of drug-likeness (QED) is 0.613. The number of aryl methyl sites for hydroxylation is 1. The molecular formula is C21H21F2N3O3S2. The molecule has 1 saturated heterocycles. The summed E-state index contributed by atoms with van der Waals surface area (Å²) in [4.78, 5) is 16.9. The standard InChI is InChI=1S/C21H21F2N3O3S2/c1-2-13-4-3-5-18-19(13)24-21(30-18)25-20(27)14-8-10-26(11-9-14)31(28,29)15-6-7-16(22)17(23)12-15/h3-7,12,14H,2,8-11H2,1H3,(H,24,25,27). The SMILES string of the molecule is CCc1cccc2sc(NC(=O)C3CCN(S(=O)(=O)c4ccc(F)c(F)c4)CC3)nc12. The third-order valence-corrected chi connectivity index (χ3v) is 8.30. The predicted molar refractivity (Wildman–Crippen MR) is 115 cm³/mol. The van der Waals surface area contributed by atoms with Crippen molar-refractivity contribution in [3.8, 4) is 0 Å². The van der Waals surface area contributed by atoms with Gasteiger partial charge in [-0.2, -0.15) is 4.31 Å². The molecule has 4 rings (SSSR count). The first-order valence-electron chi connectivity index (χ1n) is 9.94. The summed E-state index contributed by atoms with van der Waals surface area (Å²) in [6.07, 6.45) is 1.51. The maximum Gasteiger partial charge on any atom is 0.243 e. The highest BCUT2D eigenvalue weighted by Gasteiger charge is 2.32. The third-order valence-electron chi connectivity index (χ3n) is 5.47. The van der Waals surface area contributed by atoms with Crippen LogP contribution in [-0.2, 0) is 21.2 Å². The van der Waals surface area contributed by atoms with Crippen LogP contribution >= 0.6 is 11.3 Å². The minimum absolute atomic E-state index is 0.124. The van der Waals surface area contributed by atoms with E-state index in [1.54, 1.807) is 0 Å². The molecule has 31 heavy (non-hydrogen) atoms. The molecule has 0 saturated carbocycles. The summed E-state index contributed by atoms with van der Waals surface area (Å²) in [6, 6.07) is 8.46. The molecule has 1 aliphatic rings. The van der Waals surface area contributed by atoms with Crippen LogP contribution in [0.4, 0.5) is 13.9 Å². The van der Waals surface area contributed by atoms with Crippen LogP contribution in [0.15, 0.2) is 41.3 Å². The zero-order chi connectivity index (χ0) is 22.2. The molecule has 6 nitrogen and oxygen atoms in total. The number of benzene rings is 2. The summed E-state index contributed by atoms with van der Waals surface area (Å²) in [5, 5.41) is 3.39. The molecule has 164 valence electrons. The fourth-order valence-electron chi connectivity index (χ4n) is 3.70. The topological polar surface area (TPSA) is 79.4 Å². The van der Waals surface area contributed by atoms with Gasteiger partial charge in [0, 0.05) is 19.0 Å². The van der Waals surface area contributed by atoms with Gasteiger partial charge in [0.2, 0.25) is 15.9 Å². The summed E-state index contributed by atoms with van der Waals surface area (Å²) >= 11 is 1.41. The van der Waals surface area contributed by atoms with Gasteiger partial charge in [-0.3, -0.25) is 4.79 Å². The van der Waals surface area contributed by atoms with Gasteiger partial charge < -0.3 is 5.32 Å². The van der Waals surface area contributed by atoms with Crippen molar-refractivity contribution in [2.75, 3.05) is 18.4 Å². The maximum absolute atomic E-state index is 13.5. The lowest BCUT2D eigenvalue weighted by Gasteiger charge is -2.30. The summed E-state index contributed by atoms with van der Waals surface area (Å²) in [7, 11) is -3.95. The second-order valence-electron chi connectivity index (χ2n) is 7.38. The highest BCUT2D eigenvalue weighted by Crippen LogP contribution is 2.30. The number of carbonyl (C=O) groups excluding carboxylic acids is 1. The lowest BCUT2D eigenvalue weighted by Crippen LogP contribution is -2.41. The highest BCUT2D eigenvalue weighted by molar-refractivity contribution is 7.89. The van der Waals surface area contributed by atoms with Crippen LogP contribution in [-0.4, -0.2) is 36.7 Å². The number of hydrogen-bond donors (Lipinski definition) is 1. The lowest BCUT2D eigenvalue weighted by atomic mass is 9.97. The first-order chi connectivity index (χ1) is 14.8. The first kappa shape index (κ1) is 21.8. The fourth-order valence-corrected chi connectivity index (χ4v) is 6.10. The molecule has 2 aromatic carbocycles. The maximum atomic E-state index is 13.5. The summed E-state index contributed by atoms with van der Waals surface area (Å²) in [6.45, 7) is 2.30. The van der Waals surface area contributed by atoms with Gasteiger partial charge in [-0.1, -0.05) is 30.4 Å². The van der Waals surface area contributed by atoms with Crippen LogP contribution < -0.4 is 5.32 Å². The van der Waals surface area contributed by atoms with E-state index in [4.69, 9.17) is 0 Å². The van der Waals surface area contributed by atoms with Gasteiger partial charge in [-0.05, 0) is 49.1 Å². The van der Waals surface area contributed by atoms with Crippen LogP contribution in [0.25, 0.3) is 10.2 Å². The number of thiazole rings is 1. The molecule has 1 fully saturated rings. The van der Waals surface area contributed by atoms with E-state index in [0.29, 0.717) is 24.0 Å². The Labute approximate surface area is 183 Å². The van der Waals surface area contributed by atoms with Crippen LogP contribution in [0.3, 0.4) is 0 Å². The van der Waals surface area contributed by atoms with Gasteiger partial charge in [-0.15, -0.1) is 0 Å². The molecule has 1 amide bonds. The molecule has 10 heteroatoms. The number of para-hydroxylation sites is 1. The normalized spacial score (nSPS) is 16.0. The number of anilines is 1. The lowest BCUT2D eigenvalue weighted by molar-refractivity contribution is -0.120. The third kappa shape index (κ3) is 4.32. The number of hydrogen-bond acceptors (Lipinski definition) is 5. The number of halogens is 2. The number of carbonyl (C=O) groups is 1. The number of aromatic nitrogens is 1. The van der Waals surface area contributed by atoms with Gasteiger partial charge in [0.25, 0.3) is 0 Å². The second kappa shape index (κ2) is 8.60. The van der Waals surface area contributed by atoms with Gasteiger partial charge in [-0.25, -0.2) is 22.2 Å². The summed E-state index contributed by atoms with van der Waals surface area (Å²) in [5.41, 5.74) is 2.00. The zero-order valence-electron chi connectivity index (χ0n) is 16.8. The molecule has 0 bridgehead atoms. The molecule has 2 heterocycles. The average Bonchev–Trinajstić information content (AvgIpc) is 3.18. The van der Waals surface area contributed by atoms with Crippen molar-refractivity contribution in [1.82, 2.24) is 9.29 Å². The van der Waals surface area contributed by atoms with Gasteiger partial charge in [0.1, 0.15) is 0 Å². The molecule has 0 spiro atoms. The van der Waals surface area contributed by atoms with E-state index in [0.717, 1.165) is 34.3 Å². The molecule has 0 aliphatic carbocycles. The van der Waals surface area contributed by atoms with Crippen molar-refractivity contribution in [2.24, 2.45) is 5.92 Å². The number of nitrogens with one attached hydrogen (secondary N) is 1. The van der Waals surface area contributed by atoms with Gasteiger partial charge in [0.15, 0.2) is 16.8 Å². The Kier molecular flexibility index (Phi) is 6.05. The molecular weight excluding hydrogens is 444 g/mol. The van der Waals surface area contributed by atoms with Crippen molar-refractivity contribution < 1.29 is 22.0 Å². The molecule has 1 aromatic heterocycles. The van der Waals surface area contributed by atoms with Gasteiger partial charge >= 0.3 is 0 Å². The summed E-state index contributed by atoms with van der Waals surface area (Å²) in [5.74, 6) is -2.86. The molecule has 0 unspecified atom stereocenters. The van der Waals surface area contributed by atoms with E-state index in [1.165, 1.54) is 15.6 Å². The van der Waals surface area contributed by atoms with E-state index in [2.05, 4.69) is 17.2 Å². The number of rotatable bonds is 5. The van der Waals surface area contributed by atoms with Crippen molar-refractivity contribution in [1.29, 1.82) is 0 Å². The smallest absolute Gasteiger partial charge is 0.243 e. The Balaban J connectivity index is 1.41. The van der Waals surface area contributed by atoms with Crippen molar-refractivity contribution in [3.63, 3.8) is 0 Å². The van der Waals surface area contributed by atoms with E-state index < -0.39 is 21.7 Å². The minimum atomic E-state index is -3.95. The van der Waals surface area contributed by atoms with E-state index in [9.17, 15) is 22.0 Å². The number of piperidine rings is 1. The Morgan fingerprint density at radius 3 is 2.61 bits per heavy atom. The number of nitrogens with zero attached hydrogens (tertiary/aromatic N) is 2. The Morgan fingerprint density at radius 1 is 1.19 bits per heavy atom. The first-order valence-corrected chi connectivity index (χ1v) is 12.2. The van der Waals surface area contributed by atoms with Crippen LogP contribution in [0.5, 0.6) is 0 Å². The minimum Gasteiger partial charge on any atom is -0.302 e. The fraction of sp³-hybridized carbons (Fsp3) is 0.333. The Morgan fingerprint density at radius 2 is 1.94 bits per heavy atom. The number of sulfonamides is 1. The number of amides is 1. The largest absolute Gasteiger partial charge is 0.302 e. The van der Waals surface area contributed by atoms with Crippen LogP contribution in [0.2, 0.25) is 0 Å². The zero-order valence-corrected chi connectivity index (χ0v) is 18.4. The molecule has 0 atom stereocenters. The Bertz CT molecular complexity index is 1240.